The van der Waals surface area contributed by atoms with Crippen LogP contribution in [0.1, 0.15) is 18.4 Å². The van der Waals surface area contributed by atoms with Gasteiger partial charge < -0.3 is 4.90 Å². The molecule has 2 rings (SSSR count). The van der Waals surface area contributed by atoms with Crippen LogP contribution in [0.2, 0.25) is 0 Å². The van der Waals surface area contributed by atoms with Gasteiger partial charge in [-0.3, -0.25) is 4.79 Å². The maximum Gasteiger partial charge on any atom is 0.264 e. The van der Waals surface area contributed by atoms with Gasteiger partial charge in [-0.05, 0) is 36.6 Å². The summed E-state index contributed by atoms with van der Waals surface area (Å²) in [5, 5.41) is 9.11. The lowest BCUT2D eigenvalue weighted by Crippen LogP contribution is -2.28. The fraction of sp³-hybridized carbons (Fsp3) is 0.286. The van der Waals surface area contributed by atoms with Gasteiger partial charge in [0.05, 0.1) is 0 Å². The van der Waals surface area contributed by atoms with Crippen LogP contribution in [0.15, 0.2) is 34.3 Å². The van der Waals surface area contributed by atoms with E-state index in [9.17, 15) is 4.79 Å². The van der Waals surface area contributed by atoms with E-state index in [1.807, 2.05) is 30.3 Å². The second-order valence-corrected chi connectivity index (χ2v) is 5.14. The molecule has 0 N–H and O–H groups in total. The molecule has 1 aliphatic heterocycles. The number of hydrogen-bond donors (Lipinski definition) is 0. The Bertz CT molecular complexity index is 525. The lowest BCUT2D eigenvalue weighted by Gasteiger charge is -2.14. The smallest absolute Gasteiger partial charge is 0.264 e. The summed E-state index contributed by atoms with van der Waals surface area (Å²) in [4.78, 5) is 13.8. The molecular weight excluding hydrogens is 292 g/mol. The SMILES string of the molecule is N#C/C(=C\c1cccc(Br)c1)C(=O)N1CCCC1. The normalized spacial score (nSPS) is 15.6. The van der Waals surface area contributed by atoms with Gasteiger partial charge >= 0.3 is 0 Å². The van der Waals surface area contributed by atoms with E-state index in [0.29, 0.717) is 0 Å². The molecule has 1 fully saturated rings. The second kappa shape index (κ2) is 5.83. The monoisotopic (exact) mass is 304 g/mol. The molecule has 1 aromatic rings. The third-order valence-corrected chi connectivity index (χ3v) is 3.40. The molecule has 0 bridgehead atoms. The summed E-state index contributed by atoms with van der Waals surface area (Å²) in [5.41, 5.74) is 1.06. The number of nitrogens with zero attached hydrogens (tertiary/aromatic N) is 2. The zero-order valence-electron chi connectivity index (χ0n) is 9.90. The van der Waals surface area contributed by atoms with Crippen molar-refractivity contribution in [2.45, 2.75) is 12.8 Å². The van der Waals surface area contributed by atoms with E-state index in [0.717, 1.165) is 36.0 Å². The van der Waals surface area contributed by atoms with E-state index < -0.39 is 0 Å². The molecule has 0 aromatic heterocycles. The van der Waals surface area contributed by atoms with Crippen molar-refractivity contribution >= 4 is 27.9 Å². The molecule has 18 heavy (non-hydrogen) atoms. The van der Waals surface area contributed by atoms with Crippen LogP contribution in [-0.4, -0.2) is 23.9 Å². The Morgan fingerprint density at radius 2 is 2.11 bits per heavy atom. The minimum absolute atomic E-state index is 0.157. The van der Waals surface area contributed by atoms with Crippen LogP contribution in [0.25, 0.3) is 6.08 Å². The average molecular weight is 305 g/mol. The Kier molecular flexibility index (Phi) is 4.16. The first kappa shape index (κ1) is 12.8. The van der Waals surface area contributed by atoms with Gasteiger partial charge in [-0.1, -0.05) is 28.1 Å². The molecule has 1 heterocycles. The second-order valence-electron chi connectivity index (χ2n) is 4.22. The van der Waals surface area contributed by atoms with Crippen LogP contribution < -0.4 is 0 Å². The summed E-state index contributed by atoms with van der Waals surface area (Å²) in [6, 6.07) is 9.55. The maximum absolute atomic E-state index is 12.1. The van der Waals surface area contributed by atoms with Crippen LogP contribution in [0.5, 0.6) is 0 Å². The predicted octanol–water partition coefficient (Wildman–Crippen LogP) is 2.98. The molecule has 4 heteroatoms. The predicted molar refractivity (Wildman–Crippen MR) is 73.5 cm³/mol. The largest absolute Gasteiger partial charge is 0.338 e. The standard InChI is InChI=1S/C14H13BrN2O/c15-13-5-3-4-11(9-13)8-12(10-16)14(18)17-6-1-2-7-17/h3-5,8-9H,1-2,6-7H2/b12-8+. The molecule has 0 aliphatic carbocycles. The zero-order chi connectivity index (χ0) is 13.0. The number of carbonyl (C=O) groups is 1. The molecule has 1 amide bonds. The van der Waals surface area contributed by atoms with E-state index >= 15 is 0 Å². The van der Waals surface area contributed by atoms with Gasteiger partial charge in [0.2, 0.25) is 0 Å². The van der Waals surface area contributed by atoms with Crippen LogP contribution in [-0.2, 0) is 4.79 Å². The number of likely N-dealkylation sites (tertiary alicyclic amines) is 1. The first-order chi connectivity index (χ1) is 8.70. The molecule has 0 unspecified atom stereocenters. The molecule has 1 aliphatic rings. The molecule has 0 saturated carbocycles. The van der Waals surface area contributed by atoms with Gasteiger partial charge in [0.15, 0.2) is 0 Å². The van der Waals surface area contributed by atoms with Crippen molar-refractivity contribution in [3.63, 3.8) is 0 Å². The third-order valence-electron chi connectivity index (χ3n) is 2.90. The number of hydrogen-bond acceptors (Lipinski definition) is 2. The highest BCUT2D eigenvalue weighted by Gasteiger charge is 2.21. The Hall–Kier alpha value is -1.60. The number of nitriles is 1. The lowest BCUT2D eigenvalue weighted by atomic mass is 10.1. The van der Waals surface area contributed by atoms with E-state index in [1.165, 1.54) is 0 Å². The lowest BCUT2D eigenvalue weighted by molar-refractivity contribution is -0.125. The zero-order valence-corrected chi connectivity index (χ0v) is 11.5. The van der Waals surface area contributed by atoms with Crippen LogP contribution in [0.3, 0.4) is 0 Å². The van der Waals surface area contributed by atoms with Gasteiger partial charge in [0.1, 0.15) is 11.6 Å². The van der Waals surface area contributed by atoms with Gasteiger partial charge in [-0.25, -0.2) is 0 Å². The number of rotatable bonds is 2. The summed E-state index contributed by atoms with van der Waals surface area (Å²) >= 11 is 3.37. The fourth-order valence-corrected chi connectivity index (χ4v) is 2.41. The molecule has 92 valence electrons. The Balaban J connectivity index is 2.23. The van der Waals surface area contributed by atoms with Gasteiger partial charge in [0, 0.05) is 17.6 Å². The summed E-state index contributed by atoms with van der Waals surface area (Å²) in [6.07, 6.45) is 3.70. The molecule has 0 spiro atoms. The highest BCUT2D eigenvalue weighted by molar-refractivity contribution is 9.10. The number of carbonyl (C=O) groups excluding carboxylic acids is 1. The van der Waals surface area contributed by atoms with Gasteiger partial charge in [-0.15, -0.1) is 0 Å². The minimum Gasteiger partial charge on any atom is -0.338 e. The van der Waals surface area contributed by atoms with E-state index in [1.54, 1.807) is 11.0 Å². The molecule has 3 nitrogen and oxygen atoms in total. The first-order valence-corrected chi connectivity index (χ1v) is 6.66. The summed E-state index contributed by atoms with van der Waals surface area (Å²) in [5.74, 6) is -0.157. The van der Waals surface area contributed by atoms with Crippen molar-refractivity contribution in [1.82, 2.24) is 4.90 Å². The van der Waals surface area contributed by atoms with E-state index in [-0.39, 0.29) is 11.5 Å². The highest BCUT2D eigenvalue weighted by Crippen LogP contribution is 2.17. The average Bonchev–Trinajstić information content (AvgIpc) is 2.89. The highest BCUT2D eigenvalue weighted by atomic mass is 79.9. The number of amides is 1. The Morgan fingerprint density at radius 1 is 1.39 bits per heavy atom. The number of benzene rings is 1. The Morgan fingerprint density at radius 3 is 2.72 bits per heavy atom. The van der Waals surface area contributed by atoms with E-state index in [4.69, 9.17) is 5.26 Å². The Labute approximate surface area is 115 Å². The van der Waals surface area contributed by atoms with Crippen molar-refractivity contribution in [2.75, 3.05) is 13.1 Å². The van der Waals surface area contributed by atoms with Crippen molar-refractivity contribution in [2.24, 2.45) is 0 Å². The van der Waals surface area contributed by atoms with Crippen molar-refractivity contribution in [3.05, 3.63) is 39.9 Å². The molecule has 0 radical (unpaired) electrons. The van der Waals surface area contributed by atoms with E-state index in [2.05, 4.69) is 15.9 Å². The van der Waals surface area contributed by atoms with Gasteiger partial charge in [-0.2, -0.15) is 5.26 Å². The molecular formula is C14H13BrN2O. The fourth-order valence-electron chi connectivity index (χ4n) is 2.00. The van der Waals surface area contributed by atoms with Crippen molar-refractivity contribution < 1.29 is 4.79 Å². The number of halogens is 1. The minimum atomic E-state index is -0.157. The molecule has 0 atom stereocenters. The summed E-state index contributed by atoms with van der Waals surface area (Å²) < 4.78 is 0.933. The third kappa shape index (κ3) is 2.99. The van der Waals surface area contributed by atoms with Gasteiger partial charge in [0.25, 0.3) is 5.91 Å². The quantitative estimate of drug-likeness (QED) is 0.623. The maximum atomic E-state index is 12.1. The summed E-state index contributed by atoms with van der Waals surface area (Å²) in [7, 11) is 0. The van der Waals surface area contributed by atoms with Crippen molar-refractivity contribution in [1.29, 1.82) is 5.26 Å². The molecule has 1 saturated heterocycles. The topological polar surface area (TPSA) is 44.1 Å². The summed E-state index contributed by atoms with van der Waals surface area (Å²) in [6.45, 7) is 1.52. The van der Waals surface area contributed by atoms with Crippen LogP contribution >= 0.6 is 15.9 Å². The first-order valence-electron chi connectivity index (χ1n) is 5.87. The van der Waals surface area contributed by atoms with Crippen LogP contribution in [0.4, 0.5) is 0 Å². The molecule has 1 aromatic carbocycles. The van der Waals surface area contributed by atoms with Crippen molar-refractivity contribution in [3.8, 4) is 6.07 Å². The van der Waals surface area contributed by atoms with Crippen LogP contribution in [0, 0.1) is 11.3 Å².